The van der Waals surface area contributed by atoms with Crippen LogP contribution in [-0.2, 0) is 4.79 Å². The summed E-state index contributed by atoms with van der Waals surface area (Å²) in [6.45, 7) is 6.77. The summed E-state index contributed by atoms with van der Waals surface area (Å²) < 4.78 is 0. The molecule has 0 saturated carbocycles. The summed E-state index contributed by atoms with van der Waals surface area (Å²) in [5.41, 5.74) is 1.65. The Morgan fingerprint density at radius 3 is 2.96 bits per heavy atom. The number of hydrogen-bond donors (Lipinski definition) is 2. The largest absolute Gasteiger partial charge is 0.356 e. The first-order chi connectivity index (χ1) is 11.5. The van der Waals surface area contributed by atoms with Crippen LogP contribution >= 0.6 is 11.6 Å². The number of nitrogens with zero attached hydrogens (tertiary/aromatic N) is 2. The van der Waals surface area contributed by atoms with Gasteiger partial charge < -0.3 is 15.5 Å². The van der Waals surface area contributed by atoms with Crippen LogP contribution in [0, 0.1) is 12.8 Å². The second-order valence-electron chi connectivity index (χ2n) is 6.38. The van der Waals surface area contributed by atoms with Crippen molar-refractivity contribution in [3.05, 3.63) is 28.8 Å². The van der Waals surface area contributed by atoms with E-state index >= 15 is 0 Å². The summed E-state index contributed by atoms with van der Waals surface area (Å²) >= 11 is 6.07. The molecule has 2 N–H and O–H groups in total. The third-order valence-corrected chi connectivity index (χ3v) is 4.75. The minimum atomic E-state index is -0.0321. The van der Waals surface area contributed by atoms with E-state index in [0.29, 0.717) is 23.9 Å². The minimum absolute atomic E-state index is 0.0321. The van der Waals surface area contributed by atoms with E-state index in [1.807, 2.05) is 25.1 Å². The molecule has 5 nitrogen and oxygen atoms in total. The third kappa shape index (κ3) is 5.13. The molecule has 0 bridgehead atoms. The number of aliphatic imine (C=N–C) groups is 1. The van der Waals surface area contributed by atoms with E-state index in [-0.39, 0.29) is 5.91 Å². The highest BCUT2D eigenvalue weighted by atomic mass is 35.5. The number of guanidine groups is 1. The second-order valence-corrected chi connectivity index (χ2v) is 6.79. The lowest BCUT2D eigenvalue weighted by molar-refractivity contribution is -0.116. The van der Waals surface area contributed by atoms with E-state index in [1.54, 1.807) is 7.05 Å². The van der Waals surface area contributed by atoms with Crippen LogP contribution in [0.15, 0.2) is 23.2 Å². The van der Waals surface area contributed by atoms with Crippen LogP contribution in [0.3, 0.4) is 0 Å². The van der Waals surface area contributed by atoms with Crippen molar-refractivity contribution in [2.24, 2.45) is 10.9 Å². The van der Waals surface area contributed by atoms with E-state index in [9.17, 15) is 4.79 Å². The van der Waals surface area contributed by atoms with Crippen LogP contribution < -0.4 is 10.6 Å². The Morgan fingerprint density at radius 1 is 1.46 bits per heavy atom. The number of anilines is 1. The SMILES string of the molecule is CN=C(NCCC(=O)Nc1cccc(Cl)c1C)N1CCCC(C)C1. The van der Waals surface area contributed by atoms with Crippen LogP contribution in [0.4, 0.5) is 5.69 Å². The molecule has 1 amide bonds. The van der Waals surface area contributed by atoms with Crippen LogP contribution in [0.25, 0.3) is 0 Å². The maximum atomic E-state index is 12.1. The second kappa shape index (κ2) is 8.92. The molecule has 1 atom stereocenters. The van der Waals surface area contributed by atoms with E-state index < -0.39 is 0 Å². The first-order valence-electron chi connectivity index (χ1n) is 8.51. The van der Waals surface area contributed by atoms with Gasteiger partial charge in [0.1, 0.15) is 0 Å². The number of rotatable bonds is 4. The molecule has 0 aliphatic carbocycles. The van der Waals surface area contributed by atoms with Gasteiger partial charge in [-0.15, -0.1) is 0 Å². The molecule has 0 spiro atoms. The van der Waals surface area contributed by atoms with E-state index in [2.05, 4.69) is 27.4 Å². The first kappa shape index (κ1) is 18.6. The average molecular weight is 351 g/mol. The Morgan fingerprint density at radius 2 is 2.25 bits per heavy atom. The van der Waals surface area contributed by atoms with E-state index in [4.69, 9.17) is 11.6 Å². The Kier molecular flexibility index (Phi) is 6.91. The van der Waals surface area contributed by atoms with Crippen molar-refractivity contribution in [2.75, 3.05) is 32.0 Å². The van der Waals surface area contributed by atoms with Gasteiger partial charge in [-0.3, -0.25) is 9.79 Å². The molecule has 1 aromatic rings. The summed E-state index contributed by atoms with van der Waals surface area (Å²) in [6.07, 6.45) is 2.85. The van der Waals surface area contributed by atoms with Crippen molar-refractivity contribution in [1.82, 2.24) is 10.2 Å². The zero-order valence-corrected chi connectivity index (χ0v) is 15.5. The normalized spacial score (nSPS) is 18.4. The maximum absolute atomic E-state index is 12.1. The molecule has 1 heterocycles. The molecule has 132 valence electrons. The first-order valence-corrected chi connectivity index (χ1v) is 8.89. The Labute approximate surface area is 149 Å². The molecule has 1 unspecified atom stereocenters. The lowest BCUT2D eigenvalue weighted by atomic mass is 10.0. The van der Waals surface area contributed by atoms with Gasteiger partial charge in [0.25, 0.3) is 0 Å². The summed E-state index contributed by atoms with van der Waals surface area (Å²) in [7, 11) is 1.79. The lowest BCUT2D eigenvalue weighted by Gasteiger charge is -2.33. The number of amides is 1. The van der Waals surface area contributed by atoms with Gasteiger partial charge in [-0.05, 0) is 43.4 Å². The number of hydrogen-bond acceptors (Lipinski definition) is 2. The maximum Gasteiger partial charge on any atom is 0.226 e. The highest BCUT2D eigenvalue weighted by Crippen LogP contribution is 2.22. The lowest BCUT2D eigenvalue weighted by Crippen LogP contribution is -2.46. The number of carbonyl (C=O) groups is 1. The molecule has 1 aromatic carbocycles. The number of likely N-dealkylation sites (tertiary alicyclic amines) is 1. The van der Waals surface area contributed by atoms with Crippen LogP contribution in [0.2, 0.25) is 5.02 Å². The van der Waals surface area contributed by atoms with Crippen molar-refractivity contribution in [2.45, 2.75) is 33.1 Å². The fourth-order valence-electron chi connectivity index (χ4n) is 2.96. The van der Waals surface area contributed by atoms with Crippen molar-refractivity contribution in [3.8, 4) is 0 Å². The minimum Gasteiger partial charge on any atom is -0.356 e. The van der Waals surface area contributed by atoms with Gasteiger partial charge in [-0.2, -0.15) is 0 Å². The molecule has 1 saturated heterocycles. The molecular weight excluding hydrogens is 324 g/mol. The van der Waals surface area contributed by atoms with Crippen molar-refractivity contribution < 1.29 is 4.79 Å². The fourth-order valence-corrected chi connectivity index (χ4v) is 3.13. The van der Waals surface area contributed by atoms with Crippen LogP contribution in [0.1, 0.15) is 31.7 Å². The average Bonchev–Trinajstić information content (AvgIpc) is 2.56. The quantitative estimate of drug-likeness (QED) is 0.647. The van der Waals surface area contributed by atoms with Crippen molar-refractivity contribution in [3.63, 3.8) is 0 Å². The number of piperidine rings is 1. The standard InChI is InChI=1S/C18H27ClN4O/c1-13-6-5-11-23(12-13)18(20-3)21-10-9-17(24)22-16-8-4-7-15(19)14(16)2/h4,7-8,13H,5-6,9-12H2,1-3H3,(H,20,21)(H,22,24). The summed E-state index contributed by atoms with van der Waals surface area (Å²) in [6, 6.07) is 5.51. The Bertz CT molecular complexity index is 603. The highest BCUT2D eigenvalue weighted by molar-refractivity contribution is 6.31. The third-order valence-electron chi connectivity index (χ3n) is 4.35. The van der Waals surface area contributed by atoms with Gasteiger partial charge in [0.05, 0.1) is 0 Å². The summed E-state index contributed by atoms with van der Waals surface area (Å²) in [5.74, 6) is 1.54. The van der Waals surface area contributed by atoms with Gasteiger partial charge in [0.15, 0.2) is 5.96 Å². The zero-order chi connectivity index (χ0) is 17.5. The van der Waals surface area contributed by atoms with Gasteiger partial charge in [-0.1, -0.05) is 24.6 Å². The van der Waals surface area contributed by atoms with Gasteiger partial charge in [-0.25, -0.2) is 0 Å². The van der Waals surface area contributed by atoms with Gasteiger partial charge >= 0.3 is 0 Å². The Balaban J connectivity index is 1.80. The highest BCUT2D eigenvalue weighted by Gasteiger charge is 2.19. The van der Waals surface area contributed by atoms with Crippen LogP contribution in [-0.4, -0.2) is 43.4 Å². The van der Waals surface area contributed by atoms with E-state index in [0.717, 1.165) is 30.3 Å². The molecule has 24 heavy (non-hydrogen) atoms. The summed E-state index contributed by atoms with van der Waals surface area (Å²) in [4.78, 5) is 18.7. The summed E-state index contributed by atoms with van der Waals surface area (Å²) in [5, 5.41) is 6.86. The smallest absolute Gasteiger partial charge is 0.226 e. The molecule has 1 aliphatic heterocycles. The Hall–Kier alpha value is -1.75. The molecular formula is C18H27ClN4O. The van der Waals surface area contributed by atoms with E-state index in [1.165, 1.54) is 12.8 Å². The van der Waals surface area contributed by atoms with Gasteiger partial charge in [0, 0.05) is 43.8 Å². The van der Waals surface area contributed by atoms with Crippen molar-refractivity contribution in [1.29, 1.82) is 0 Å². The molecule has 1 aliphatic rings. The predicted octanol–water partition coefficient (Wildman–Crippen LogP) is 3.28. The zero-order valence-electron chi connectivity index (χ0n) is 14.7. The number of nitrogens with one attached hydrogen (secondary N) is 2. The molecule has 0 radical (unpaired) electrons. The molecule has 1 fully saturated rings. The topological polar surface area (TPSA) is 56.7 Å². The van der Waals surface area contributed by atoms with Crippen LogP contribution in [0.5, 0.6) is 0 Å². The van der Waals surface area contributed by atoms with Gasteiger partial charge in [0.2, 0.25) is 5.91 Å². The molecule has 6 heteroatoms. The monoisotopic (exact) mass is 350 g/mol. The number of halogens is 1. The van der Waals surface area contributed by atoms with Crippen molar-refractivity contribution >= 4 is 29.2 Å². The predicted molar refractivity (Wildman–Crippen MR) is 101 cm³/mol. The molecule has 0 aromatic heterocycles. The molecule has 2 rings (SSSR count). The fraction of sp³-hybridized carbons (Fsp3) is 0.556. The number of carbonyl (C=O) groups excluding carboxylic acids is 1. The number of benzene rings is 1.